The van der Waals surface area contributed by atoms with Crippen molar-refractivity contribution in [2.75, 3.05) is 0 Å². The van der Waals surface area contributed by atoms with Gasteiger partial charge in [-0.25, -0.2) is 0 Å². The second kappa shape index (κ2) is 13.3. The maximum absolute atomic E-state index is 12.3. The van der Waals surface area contributed by atoms with E-state index < -0.39 is 8.32 Å². The van der Waals surface area contributed by atoms with Gasteiger partial charge >= 0.3 is 5.97 Å². The highest BCUT2D eigenvalue weighted by Crippen LogP contribution is 2.46. The zero-order valence-electron chi connectivity index (χ0n) is 23.2. The normalized spacial score (nSPS) is 25.5. The fraction of sp³-hybridized carbons (Fsp3) is 0.828. The highest BCUT2D eigenvalue weighted by molar-refractivity contribution is 6.74. The van der Waals surface area contributed by atoms with E-state index in [4.69, 9.17) is 9.16 Å². The van der Waals surface area contributed by atoms with E-state index in [-0.39, 0.29) is 22.7 Å². The van der Waals surface area contributed by atoms with Gasteiger partial charge in [0.15, 0.2) is 8.32 Å². The molecule has 1 aliphatic carbocycles. The number of rotatable bonds is 15. The topological polar surface area (TPSA) is 35.5 Å². The summed E-state index contributed by atoms with van der Waals surface area (Å²) in [6.45, 7) is 26.4. The van der Waals surface area contributed by atoms with Crippen LogP contribution in [0.2, 0.25) is 18.1 Å². The molecule has 5 atom stereocenters. The molecule has 0 aliphatic heterocycles. The Kier molecular flexibility index (Phi) is 12.1. The van der Waals surface area contributed by atoms with Gasteiger partial charge in [0.1, 0.15) is 6.10 Å². The lowest BCUT2D eigenvalue weighted by Gasteiger charge is -2.45. The Balaban J connectivity index is 2.96. The lowest BCUT2D eigenvalue weighted by atomic mass is 9.80. The minimum Gasteiger partial charge on any atom is -0.462 e. The summed E-state index contributed by atoms with van der Waals surface area (Å²) in [5.74, 6) is 1.35. The molecule has 0 amide bonds. The van der Waals surface area contributed by atoms with Crippen molar-refractivity contribution in [3.8, 4) is 0 Å². The molecule has 0 bridgehead atoms. The Morgan fingerprint density at radius 3 is 2.27 bits per heavy atom. The Bertz CT molecular complexity index is 621. The number of carbonyl (C=O) groups excluding carboxylic acids is 1. The smallest absolute Gasteiger partial charge is 0.306 e. The maximum Gasteiger partial charge on any atom is 0.306 e. The Morgan fingerprint density at radius 2 is 1.73 bits per heavy atom. The quantitative estimate of drug-likeness (QED) is 0.102. The molecular weight excluding hydrogens is 424 g/mol. The molecule has 33 heavy (non-hydrogen) atoms. The summed E-state index contributed by atoms with van der Waals surface area (Å²) in [6.07, 6.45) is 13.8. The van der Waals surface area contributed by atoms with Crippen molar-refractivity contribution in [3.05, 3.63) is 25.3 Å². The van der Waals surface area contributed by atoms with Gasteiger partial charge in [0.25, 0.3) is 0 Å². The highest BCUT2D eigenvalue weighted by atomic mass is 28.4. The van der Waals surface area contributed by atoms with Crippen LogP contribution in [0, 0.1) is 17.8 Å². The molecule has 0 aromatic carbocycles. The van der Waals surface area contributed by atoms with Crippen molar-refractivity contribution in [2.24, 2.45) is 17.8 Å². The molecule has 1 unspecified atom stereocenters. The Hall–Kier alpha value is -0.873. The summed E-state index contributed by atoms with van der Waals surface area (Å²) >= 11 is 0. The highest BCUT2D eigenvalue weighted by Gasteiger charge is 2.45. The third kappa shape index (κ3) is 9.36. The average Bonchev–Trinajstić information content (AvgIpc) is 2.98. The first-order chi connectivity index (χ1) is 15.3. The molecule has 192 valence electrons. The van der Waals surface area contributed by atoms with Crippen molar-refractivity contribution in [3.63, 3.8) is 0 Å². The Labute approximate surface area is 206 Å². The predicted molar refractivity (Wildman–Crippen MR) is 145 cm³/mol. The molecule has 0 heterocycles. The fourth-order valence-corrected chi connectivity index (χ4v) is 6.97. The monoisotopic (exact) mass is 478 g/mol. The van der Waals surface area contributed by atoms with Gasteiger partial charge in [0.2, 0.25) is 0 Å². The number of unbranched alkanes of at least 4 members (excludes halogenated alkanes) is 2. The number of hydrogen-bond acceptors (Lipinski definition) is 3. The second-order valence-corrected chi connectivity index (χ2v) is 17.0. The van der Waals surface area contributed by atoms with Gasteiger partial charge in [-0.05, 0) is 75.4 Å². The standard InChI is InChI=1S/C29H54O3Si/c1-11-14-16-20-29(8,32-33(9,10)28(5,6)7)21-19-24-23(4)22-26(25(24)17-13-3)31-27(30)18-15-12-2/h12-13,23-26H,2-3,11,14-22H2,1,4-10H3/t23-,24+,25-,26+,29?/m1/s1. The second-order valence-electron chi connectivity index (χ2n) is 12.2. The number of esters is 1. The van der Waals surface area contributed by atoms with Crippen LogP contribution in [0.5, 0.6) is 0 Å². The molecule has 0 spiro atoms. The van der Waals surface area contributed by atoms with Crippen LogP contribution in [0.15, 0.2) is 25.3 Å². The Morgan fingerprint density at radius 1 is 1.06 bits per heavy atom. The molecule has 0 radical (unpaired) electrons. The van der Waals surface area contributed by atoms with Gasteiger partial charge in [-0.3, -0.25) is 4.79 Å². The van der Waals surface area contributed by atoms with E-state index >= 15 is 0 Å². The van der Waals surface area contributed by atoms with Crippen molar-refractivity contribution in [1.29, 1.82) is 0 Å². The van der Waals surface area contributed by atoms with E-state index in [1.807, 2.05) is 6.08 Å². The van der Waals surface area contributed by atoms with Crippen molar-refractivity contribution in [1.82, 2.24) is 0 Å². The van der Waals surface area contributed by atoms with E-state index in [1.54, 1.807) is 6.08 Å². The van der Waals surface area contributed by atoms with Crippen molar-refractivity contribution in [2.45, 2.75) is 136 Å². The average molecular weight is 479 g/mol. The first kappa shape index (κ1) is 30.2. The van der Waals surface area contributed by atoms with Crippen LogP contribution in [-0.4, -0.2) is 26.0 Å². The third-order valence-electron chi connectivity index (χ3n) is 8.26. The molecule has 0 N–H and O–H groups in total. The summed E-state index contributed by atoms with van der Waals surface area (Å²) in [7, 11) is -1.87. The predicted octanol–water partition coefficient (Wildman–Crippen LogP) is 8.85. The van der Waals surface area contributed by atoms with Gasteiger partial charge < -0.3 is 9.16 Å². The third-order valence-corrected chi connectivity index (χ3v) is 12.9. The van der Waals surface area contributed by atoms with E-state index in [0.717, 1.165) is 32.1 Å². The summed E-state index contributed by atoms with van der Waals surface area (Å²) in [5, 5.41) is 0.204. The lowest BCUT2D eigenvalue weighted by Crippen LogP contribution is -2.49. The van der Waals surface area contributed by atoms with Crippen LogP contribution in [0.4, 0.5) is 0 Å². The van der Waals surface area contributed by atoms with Crippen molar-refractivity contribution >= 4 is 14.3 Å². The van der Waals surface area contributed by atoms with E-state index in [0.29, 0.717) is 30.6 Å². The largest absolute Gasteiger partial charge is 0.462 e. The van der Waals surface area contributed by atoms with Crippen LogP contribution in [-0.2, 0) is 14.0 Å². The zero-order valence-corrected chi connectivity index (χ0v) is 24.2. The molecular formula is C29H54O3Si. The summed E-state index contributed by atoms with van der Waals surface area (Å²) in [4.78, 5) is 12.3. The van der Waals surface area contributed by atoms with Crippen LogP contribution < -0.4 is 0 Å². The molecule has 1 aliphatic rings. The van der Waals surface area contributed by atoms with E-state index in [2.05, 4.69) is 67.8 Å². The van der Waals surface area contributed by atoms with Gasteiger partial charge in [-0.2, -0.15) is 0 Å². The molecule has 1 rings (SSSR count). The van der Waals surface area contributed by atoms with Gasteiger partial charge in [-0.1, -0.05) is 66.0 Å². The first-order valence-electron chi connectivity index (χ1n) is 13.4. The maximum atomic E-state index is 12.3. The minimum atomic E-state index is -1.87. The minimum absolute atomic E-state index is 0.00738. The molecule has 1 saturated carbocycles. The number of allylic oxidation sites excluding steroid dienone is 2. The SMILES string of the molecule is C=CCCC(=O)O[C@H]1C[C@@H](C)[C@H](CCC(C)(CCCCC)O[Si](C)(C)C(C)(C)C)[C@H]1CC=C. The summed E-state index contributed by atoms with van der Waals surface area (Å²) in [5.41, 5.74) is -0.0880. The van der Waals surface area contributed by atoms with Gasteiger partial charge in [0, 0.05) is 12.3 Å². The lowest BCUT2D eigenvalue weighted by molar-refractivity contribution is -0.151. The number of ether oxygens (including phenoxy) is 1. The number of hydrogen-bond donors (Lipinski definition) is 0. The van der Waals surface area contributed by atoms with E-state index in [1.165, 1.54) is 19.3 Å². The zero-order chi connectivity index (χ0) is 25.3. The van der Waals surface area contributed by atoms with Crippen molar-refractivity contribution < 1.29 is 14.0 Å². The fourth-order valence-electron chi connectivity index (χ4n) is 5.23. The molecule has 0 aromatic rings. The molecule has 1 fully saturated rings. The number of carbonyl (C=O) groups is 1. The van der Waals surface area contributed by atoms with Crippen LogP contribution in [0.1, 0.15) is 106 Å². The molecule has 0 aromatic heterocycles. The van der Waals surface area contributed by atoms with Gasteiger partial charge in [0.05, 0.1) is 5.60 Å². The van der Waals surface area contributed by atoms with Crippen LogP contribution in [0.3, 0.4) is 0 Å². The molecule has 4 heteroatoms. The van der Waals surface area contributed by atoms with E-state index in [9.17, 15) is 4.79 Å². The molecule has 3 nitrogen and oxygen atoms in total. The molecule has 0 saturated heterocycles. The first-order valence-corrected chi connectivity index (χ1v) is 16.3. The van der Waals surface area contributed by atoms with Gasteiger partial charge in [-0.15, -0.1) is 13.2 Å². The van der Waals surface area contributed by atoms with Crippen LogP contribution in [0.25, 0.3) is 0 Å². The summed E-state index contributed by atoms with van der Waals surface area (Å²) in [6, 6.07) is 0. The summed E-state index contributed by atoms with van der Waals surface area (Å²) < 4.78 is 13.0. The van der Waals surface area contributed by atoms with Crippen LogP contribution >= 0.6 is 0 Å².